The molecule has 0 aliphatic heterocycles. The van der Waals surface area contributed by atoms with Crippen LogP contribution in [0.3, 0.4) is 0 Å². The summed E-state index contributed by atoms with van der Waals surface area (Å²) in [4.78, 5) is 4.35. The molecule has 3 rings (SSSR count). The fourth-order valence-corrected chi connectivity index (χ4v) is 2.85. The minimum absolute atomic E-state index is 0.0589. The third kappa shape index (κ3) is 2.91. The summed E-state index contributed by atoms with van der Waals surface area (Å²) in [6.45, 7) is 4.55. The fourth-order valence-electron chi connectivity index (χ4n) is 2.85. The van der Waals surface area contributed by atoms with Gasteiger partial charge in [0.1, 0.15) is 11.6 Å². The van der Waals surface area contributed by atoms with Crippen LogP contribution in [0.25, 0.3) is 11.5 Å². The highest BCUT2D eigenvalue weighted by Crippen LogP contribution is 2.42. The predicted octanol–water partition coefficient (Wildman–Crippen LogP) is 4.27. The van der Waals surface area contributed by atoms with Gasteiger partial charge in [0, 0.05) is 5.92 Å². The lowest BCUT2D eigenvalue weighted by molar-refractivity contribution is 0.218. The van der Waals surface area contributed by atoms with E-state index in [9.17, 15) is 9.50 Å². The highest BCUT2D eigenvalue weighted by Gasteiger charge is 2.30. The fraction of sp³-hybridized carbons (Fsp3) is 0.500. The predicted molar refractivity (Wildman–Crippen MR) is 76.3 cm³/mol. The zero-order valence-electron chi connectivity index (χ0n) is 12.3. The van der Waals surface area contributed by atoms with Crippen LogP contribution >= 0.6 is 0 Å². The molecule has 1 heterocycles. The van der Waals surface area contributed by atoms with Gasteiger partial charge in [0.05, 0.1) is 5.56 Å². The minimum Gasteiger partial charge on any atom is -0.507 e. The normalized spacial score (nSPS) is 18.8. The van der Waals surface area contributed by atoms with Gasteiger partial charge in [-0.05, 0) is 49.3 Å². The maximum absolute atomic E-state index is 13.3. The number of nitrogens with zero attached hydrogens (tertiary/aromatic N) is 2. The lowest BCUT2D eigenvalue weighted by Gasteiger charge is -2.32. The Morgan fingerprint density at radius 2 is 2.00 bits per heavy atom. The molecule has 0 bridgehead atoms. The van der Waals surface area contributed by atoms with Crippen LogP contribution in [-0.4, -0.2) is 15.2 Å². The molecule has 4 nitrogen and oxygen atoms in total. The number of phenols is 1. The third-order valence-electron chi connectivity index (χ3n) is 4.34. The number of aromatic hydroxyl groups is 1. The minimum atomic E-state index is -0.443. The molecule has 0 amide bonds. The molecule has 5 heteroatoms. The summed E-state index contributed by atoms with van der Waals surface area (Å²) < 4.78 is 18.5. The quantitative estimate of drug-likeness (QED) is 0.897. The largest absolute Gasteiger partial charge is 0.507 e. The van der Waals surface area contributed by atoms with Gasteiger partial charge in [-0.1, -0.05) is 19.0 Å². The summed E-state index contributed by atoms with van der Waals surface area (Å²) in [5.74, 6) is 0.612. The van der Waals surface area contributed by atoms with Gasteiger partial charge in [0.15, 0.2) is 5.82 Å². The number of hydrogen-bond donors (Lipinski definition) is 1. The van der Waals surface area contributed by atoms with Gasteiger partial charge in [0.2, 0.25) is 0 Å². The van der Waals surface area contributed by atoms with Gasteiger partial charge in [0.25, 0.3) is 5.89 Å². The highest BCUT2D eigenvalue weighted by molar-refractivity contribution is 5.61. The van der Waals surface area contributed by atoms with Crippen LogP contribution in [0.2, 0.25) is 0 Å². The molecule has 1 N–H and O–H groups in total. The standard InChI is InChI=1S/C16H19FN2O2/c1-16(2)7-5-10(6-8-16)14-18-15(21-19-14)12-9-11(17)3-4-13(12)20/h3-4,9-10,20H,5-8H2,1-2H3. The molecule has 0 atom stereocenters. The van der Waals surface area contributed by atoms with E-state index in [0.29, 0.717) is 11.2 Å². The Kier molecular flexibility index (Phi) is 3.43. The molecule has 0 spiro atoms. The molecule has 1 saturated carbocycles. The average molecular weight is 290 g/mol. The van der Waals surface area contributed by atoms with Crippen molar-refractivity contribution in [1.82, 2.24) is 10.1 Å². The van der Waals surface area contributed by atoms with Crippen molar-refractivity contribution < 1.29 is 14.0 Å². The first kappa shape index (κ1) is 14.0. The molecular formula is C16H19FN2O2. The van der Waals surface area contributed by atoms with Gasteiger partial charge in [-0.3, -0.25) is 0 Å². The molecule has 112 valence electrons. The maximum atomic E-state index is 13.3. The SMILES string of the molecule is CC1(C)CCC(c2noc(-c3cc(F)ccc3O)n2)CC1. The zero-order chi connectivity index (χ0) is 15.0. The Labute approximate surface area is 123 Å². The van der Waals surface area contributed by atoms with E-state index in [4.69, 9.17) is 4.52 Å². The second kappa shape index (κ2) is 5.13. The van der Waals surface area contributed by atoms with Crippen LogP contribution in [0.1, 0.15) is 51.3 Å². The number of phenolic OH excluding ortho intramolecular Hbond substituents is 1. The van der Waals surface area contributed by atoms with Crippen LogP contribution in [0.5, 0.6) is 5.75 Å². The molecule has 0 saturated heterocycles. The third-order valence-corrected chi connectivity index (χ3v) is 4.34. The molecule has 1 aliphatic carbocycles. The van der Waals surface area contributed by atoms with Crippen molar-refractivity contribution in [3.05, 3.63) is 29.8 Å². The van der Waals surface area contributed by atoms with Crippen molar-refractivity contribution in [1.29, 1.82) is 0 Å². The number of rotatable bonds is 2. The van der Waals surface area contributed by atoms with Crippen molar-refractivity contribution in [3.63, 3.8) is 0 Å². The lowest BCUT2D eigenvalue weighted by atomic mass is 9.73. The topological polar surface area (TPSA) is 59.2 Å². The van der Waals surface area contributed by atoms with Crippen molar-refractivity contribution in [2.45, 2.75) is 45.4 Å². The van der Waals surface area contributed by atoms with Crippen LogP contribution < -0.4 is 0 Å². The number of hydrogen-bond acceptors (Lipinski definition) is 4. The molecule has 0 radical (unpaired) electrons. The second-order valence-corrected chi connectivity index (χ2v) is 6.56. The highest BCUT2D eigenvalue weighted by atomic mass is 19.1. The van der Waals surface area contributed by atoms with Gasteiger partial charge < -0.3 is 9.63 Å². The number of halogens is 1. The second-order valence-electron chi connectivity index (χ2n) is 6.56. The molecular weight excluding hydrogens is 271 g/mol. The van der Waals surface area contributed by atoms with E-state index in [1.165, 1.54) is 18.2 Å². The Balaban J connectivity index is 1.82. The Morgan fingerprint density at radius 3 is 2.71 bits per heavy atom. The van der Waals surface area contributed by atoms with Crippen molar-refractivity contribution in [2.75, 3.05) is 0 Å². The van der Waals surface area contributed by atoms with Crippen LogP contribution in [0, 0.1) is 11.2 Å². The van der Waals surface area contributed by atoms with Crippen molar-refractivity contribution >= 4 is 0 Å². The van der Waals surface area contributed by atoms with E-state index in [1.807, 2.05) is 0 Å². The van der Waals surface area contributed by atoms with Gasteiger partial charge >= 0.3 is 0 Å². The van der Waals surface area contributed by atoms with E-state index in [1.54, 1.807) is 0 Å². The van der Waals surface area contributed by atoms with E-state index >= 15 is 0 Å². The summed E-state index contributed by atoms with van der Waals surface area (Å²) in [6, 6.07) is 3.69. The van der Waals surface area contributed by atoms with Crippen LogP contribution in [-0.2, 0) is 0 Å². The monoisotopic (exact) mass is 290 g/mol. The lowest BCUT2D eigenvalue weighted by Crippen LogP contribution is -2.20. The van der Waals surface area contributed by atoms with Crippen LogP contribution in [0.15, 0.2) is 22.7 Å². The smallest absolute Gasteiger partial charge is 0.261 e. The van der Waals surface area contributed by atoms with Crippen molar-refractivity contribution in [3.8, 4) is 17.2 Å². The molecule has 2 aromatic rings. The molecule has 1 fully saturated rings. The van der Waals surface area contributed by atoms with Gasteiger partial charge in [-0.25, -0.2) is 4.39 Å². The van der Waals surface area contributed by atoms with Crippen molar-refractivity contribution in [2.24, 2.45) is 5.41 Å². The Morgan fingerprint density at radius 1 is 1.29 bits per heavy atom. The summed E-state index contributed by atoms with van der Waals surface area (Å²) in [5.41, 5.74) is 0.619. The molecule has 21 heavy (non-hydrogen) atoms. The van der Waals surface area contributed by atoms with Crippen LogP contribution in [0.4, 0.5) is 4.39 Å². The zero-order valence-corrected chi connectivity index (χ0v) is 12.3. The maximum Gasteiger partial charge on any atom is 0.261 e. The Bertz CT molecular complexity index is 641. The molecule has 1 aromatic heterocycles. The van der Waals surface area contributed by atoms with Gasteiger partial charge in [-0.15, -0.1) is 0 Å². The van der Waals surface area contributed by atoms with E-state index in [2.05, 4.69) is 24.0 Å². The number of benzene rings is 1. The summed E-state index contributed by atoms with van der Waals surface area (Å²) in [7, 11) is 0. The van der Waals surface area contributed by atoms with Gasteiger partial charge in [-0.2, -0.15) is 4.98 Å². The van der Waals surface area contributed by atoms with E-state index in [0.717, 1.165) is 25.7 Å². The summed E-state index contributed by atoms with van der Waals surface area (Å²) in [6.07, 6.45) is 4.32. The van der Waals surface area contributed by atoms with E-state index in [-0.39, 0.29) is 23.1 Å². The molecule has 0 unspecified atom stereocenters. The first-order chi connectivity index (χ1) is 9.94. The first-order valence-corrected chi connectivity index (χ1v) is 7.27. The molecule has 1 aliphatic rings. The number of aromatic nitrogens is 2. The average Bonchev–Trinajstić information content (AvgIpc) is 2.91. The first-order valence-electron chi connectivity index (χ1n) is 7.27. The molecule has 1 aromatic carbocycles. The van der Waals surface area contributed by atoms with E-state index < -0.39 is 5.82 Å². The Hall–Kier alpha value is -1.91. The summed E-state index contributed by atoms with van der Waals surface area (Å²) >= 11 is 0. The summed E-state index contributed by atoms with van der Waals surface area (Å²) in [5, 5.41) is 13.8.